The monoisotopic (exact) mass is 218 g/mol. The van der Waals surface area contributed by atoms with Crippen LogP contribution >= 0.6 is 0 Å². The highest BCUT2D eigenvalue weighted by molar-refractivity contribution is 5.81. The molecular formula is C13H18N2O. The number of hydrogen-bond acceptors (Lipinski definition) is 3. The highest BCUT2D eigenvalue weighted by Crippen LogP contribution is 2.19. The van der Waals surface area contributed by atoms with Crippen LogP contribution in [0.4, 0.5) is 0 Å². The number of pyridine rings is 1. The molecule has 1 fully saturated rings. The van der Waals surface area contributed by atoms with E-state index in [0.717, 1.165) is 19.5 Å². The third-order valence-corrected chi connectivity index (χ3v) is 3.19. The molecule has 0 saturated carbocycles. The maximum absolute atomic E-state index is 11.5. The van der Waals surface area contributed by atoms with Crippen LogP contribution in [0.15, 0.2) is 24.5 Å². The van der Waals surface area contributed by atoms with E-state index < -0.39 is 0 Å². The summed E-state index contributed by atoms with van der Waals surface area (Å²) in [6, 6.07) is 4.13. The van der Waals surface area contributed by atoms with Crippen LogP contribution in [0.1, 0.15) is 31.7 Å². The van der Waals surface area contributed by atoms with E-state index in [1.165, 1.54) is 18.4 Å². The van der Waals surface area contributed by atoms with Crippen molar-refractivity contribution in [3.05, 3.63) is 30.1 Å². The summed E-state index contributed by atoms with van der Waals surface area (Å²) in [4.78, 5) is 17.9. The molecule has 2 rings (SSSR count). The molecule has 1 aromatic rings. The predicted octanol–water partition coefficient (Wildman–Crippen LogP) is 2.03. The molecule has 16 heavy (non-hydrogen) atoms. The Hall–Kier alpha value is -1.22. The van der Waals surface area contributed by atoms with Gasteiger partial charge in [-0.1, -0.05) is 12.5 Å². The SMILES string of the molecule is CC(=O)C1CCCCN1Cc1cccnc1. The van der Waals surface area contributed by atoms with E-state index in [-0.39, 0.29) is 6.04 Å². The maximum atomic E-state index is 11.5. The quantitative estimate of drug-likeness (QED) is 0.778. The molecule has 0 aromatic carbocycles. The Kier molecular flexibility index (Phi) is 3.67. The Morgan fingerprint density at radius 2 is 2.44 bits per heavy atom. The first-order valence-electron chi connectivity index (χ1n) is 5.91. The van der Waals surface area contributed by atoms with Crippen molar-refractivity contribution in [2.24, 2.45) is 0 Å². The van der Waals surface area contributed by atoms with Gasteiger partial charge in [-0.3, -0.25) is 14.7 Å². The summed E-state index contributed by atoms with van der Waals surface area (Å²) in [7, 11) is 0. The normalized spacial score (nSPS) is 21.9. The maximum Gasteiger partial charge on any atom is 0.146 e. The smallest absolute Gasteiger partial charge is 0.146 e. The summed E-state index contributed by atoms with van der Waals surface area (Å²) in [6.07, 6.45) is 7.04. The first-order valence-corrected chi connectivity index (χ1v) is 5.91. The van der Waals surface area contributed by atoms with Crippen molar-refractivity contribution in [1.29, 1.82) is 0 Å². The molecule has 1 atom stereocenters. The molecule has 0 bridgehead atoms. The molecule has 0 radical (unpaired) electrons. The van der Waals surface area contributed by atoms with Crippen molar-refractivity contribution < 1.29 is 4.79 Å². The minimum Gasteiger partial charge on any atom is -0.298 e. The topological polar surface area (TPSA) is 33.2 Å². The number of Topliss-reactive ketones (excluding diaryl/α,β-unsaturated/α-hetero) is 1. The van der Waals surface area contributed by atoms with Crippen LogP contribution in [-0.4, -0.2) is 28.3 Å². The number of likely N-dealkylation sites (tertiary alicyclic amines) is 1. The molecule has 0 N–H and O–H groups in total. The largest absolute Gasteiger partial charge is 0.298 e. The van der Waals surface area contributed by atoms with Gasteiger partial charge in [-0.15, -0.1) is 0 Å². The molecule has 1 saturated heterocycles. The summed E-state index contributed by atoms with van der Waals surface area (Å²) in [5, 5.41) is 0. The average Bonchev–Trinajstić information content (AvgIpc) is 2.31. The van der Waals surface area contributed by atoms with Gasteiger partial charge in [0.25, 0.3) is 0 Å². The Balaban J connectivity index is 2.04. The first-order chi connectivity index (χ1) is 7.77. The van der Waals surface area contributed by atoms with E-state index in [0.29, 0.717) is 5.78 Å². The van der Waals surface area contributed by atoms with Gasteiger partial charge in [0.1, 0.15) is 5.78 Å². The minimum absolute atomic E-state index is 0.119. The molecule has 86 valence electrons. The number of hydrogen-bond donors (Lipinski definition) is 0. The summed E-state index contributed by atoms with van der Waals surface area (Å²) in [5.41, 5.74) is 1.19. The van der Waals surface area contributed by atoms with Gasteiger partial charge in [0.15, 0.2) is 0 Å². The van der Waals surface area contributed by atoms with Gasteiger partial charge < -0.3 is 0 Å². The number of nitrogens with zero attached hydrogens (tertiary/aromatic N) is 2. The average molecular weight is 218 g/mol. The van der Waals surface area contributed by atoms with Crippen molar-refractivity contribution in [1.82, 2.24) is 9.88 Å². The van der Waals surface area contributed by atoms with E-state index >= 15 is 0 Å². The van der Waals surface area contributed by atoms with Crippen LogP contribution < -0.4 is 0 Å². The van der Waals surface area contributed by atoms with E-state index in [1.54, 1.807) is 13.1 Å². The van der Waals surface area contributed by atoms with E-state index in [1.807, 2.05) is 12.3 Å². The molecular weight excluding hydrogens is 200 g/mol. The van der Waals surface area contributed by atoms with Crippen LogP contribution in [0.25, 0.3) is 0 Å². The molecule has 1 unspecified atom stereocenters. The fourth-order valence-electron chi connectivity index (χ4n) is 2.37. The van der Waals surface area contributed by atoms with Crippen molar-refractivity contribution in [2.75, 3.05) is 6.54 Å². The number of carbonyl (C=O) groups excluding carboxylic acids is 1. The van der Waals surface area contributed by atoms with Gasteiger partial charge in [-0.05, 0) is 37.9 Å². The fraction of sp³-hybridized carbons (Fsp3) is 0.538. The lowest BCUT2D eigenvalue weighted by atomic mass is 9.98. The Morgan fingerprint density at radius 1 is 1.56 bits per heavy atom. The van der Waals surface area contributed by atoms with Crippen LogP contribution in [0, 0.1) is 0 Å². The first kappa shape index (κ1) is 11.3. The van der Waals surface area contributed by atoms with Crippen molar-refractivity contribution in [3.8, 4) is 0 Å². The van der Waals surface area contributed by atoms with Gasteiger partial charge in [0, 0.05) is 18.9 Å². The second kappa shape index (κ2) is 5.21. The van der Waals surface area contributed by atoms with Gasteiger partial charge >= 0.3 is 0 Å². The van der Waals surface area contributed by atoms with Crippen LogP contribution in [-0.2, 0) is 11.3 Å². The molecule has 3 nitrogen and oxygen atoms in total. The lowest BCUT2D eigenvalue weighted by Crippen LogP contribution is -2.43. The third kappa shape index (κ3) is 2.67. The van der Waals surface area contributed by atoms with Crippen molar-refractivity contribution >= 4 is 5.78 Å². The van der Waals surface area contributed by atoms with E-state index in [2.05, 4.69) is 16.0 Å². The molecule has 1 aliphatic heterocycles. The molecule has 0 aliphatic carbocycles. The number of aromatic nitrogens is 1. The second-order valence-electron chi connectivity index (χ2n) is 4.45. The predicted molar refractivity (Wildman–Crippen MR) is 63.0 cm³/mol. The highest BCUT2D eigenvalue weighted by atomic mass is 16.1. The summed E-state index contributed by atoms with van der Waals surface area (Å²) in [5.74, 6) is 0.295. The number of ketones is 1. The number of rotatable bonds is 3. The molecule has 3 heteroatoms. The molecule has 2 heterocycles. The molecule has 0 spiro atoms. The van der Waals surface area contributed by atoms with Gasteiger partial charge in [-0.25, -0.2) is 0 Å². The van der Waals surface area contributed by atoms with Crippen LogP contribution in [0.5, 0.6) is 0 Å². The van der Waals surface area contributed by atoms with Crippen LogP contribution in [0.3, 0.4) is 0 Å². The van der Waals surface area contributed by atoms with E-state index in [4.69, 9.17) is 0 Å². The standard InChI is InChI=1S/C13H18N2O/c1-11(16)13-6-2-3-8-15(13)10-12-5-4-7-14-9-12/h4-5,7,9,13H,2-3,6,8,10H2,1H3. The van der Waals surface area contributed by atoms with Crippen molar-refractivity contribution in [2.45, 2.75) is 38.8 Å². The minimum atomic E-state index is 0.119. The fourth-order valence-corrected chi connectivity index (χ4v) is 2.37. The number of carbonyl (C=O) groups is 1. The van der Waals surface area contributed by atoms with Crippen molar-refractivity contribution in [3.63, 3.8) is 0 Å². The molecule has 1 aliphatic rings. The van der Waals surface area contributed by atoms with Crippen LogP contribution in [0.2, 0.25) is 0 Å². The molecule has 0 amide bonds. The summed E-state index contributed by atoms with van der Waals surface area (Å²) < 4.78 is 0. The lowest BCUT2D eigenvalue weighted by molar-refractivity contribution is -0.123. The summed E-state index contributed by atoms with van der Waals surface area (Å²) >= 11 is 0. The van der Waals surface area contributed by atoms with Gasteiger partial charge in [0.2, 0.25) is 0 Å². The Bertz CT molecular complexity index is 350. The third-order valence-electron chi connectivity index (χ3n) is 3.19. The summed E-state index contributed by atoms with van der Waals surface area (Å²) in [6.45, 7) is 3.57. The lowest BCUT2D eigenvalue weighted by Gasteiger charge is -2.33. The zero-order valence-electron chi connectivity index (χ0n) is 9.72. The Morgan fingerprint density at radius 3 is 3.12 bits per heavy atom. The van der Waals surface area contributed by atoms with E-state index in [9.17, 15) is 4.79 Å². The molecule has 1 aromatic heterocycles. The second-order valence-corrected chi connectivity index (χ2v) is 4.45. The van der Waals surface area contributed by atoms with Gasteiger partial charge in [-0.2, -0.15) is 0 Å². The Labute approximate surface area is 96.5 Å². The highest BCUT2D eigenvalue weighted by Gasteiger charge is 2.25. The van der Waals surface area contributed by atoms with Gasteiger partial charge in [0.05, 0.1) is 6.04 Å². The zero-order valence-corrected chi connectivity index (χ0v) is 9.72. The zero-order chi connectivity index (χ0) is 11.4. The number of piperidine rings is 1.